The van der Waals surface area contributed by atoms with Crippen LogP contribution in [0.2, 0.25) is 0 Å². The van der Waals surface area contributed by atoms with E-state index in [4.69, 9.17) is 5.73 Å². The van der Waals surface area contributed by atoms with E-state index in [9.17, 15) is 4.79 Å². The minimum Gasteiger partial charge on any atom is -0.368 e. The van der Waals surface area contributed by atoms with Crippen molar-refractivity contribution >= 4 is 5.91 Å². The third-order valence-electron chi connectivity index (χ3n) is 1.52. The molecule has 3 nitrogen and oxygen atoms in total. The molecule has 0 aliphatic carbocycles. The summed E-state index contributed by atoms with van der Waals surface area (Å²) in [4.78, 5) is 10.7. The molecule has 0 bridgehead atoms. The molecule has 0 spiro atoms. The Morgan fingerprint density at radius 1 is 1.55 bits per heavy atom. The van der Waals surface area contributed by atoms with Crippen molar-refractivity contribution in [3.8, 4) is 0 Å². The van der Waals surface area contributed by atoms with E-state index in [-0.39, 0.29) is 11.9 Å². The number of amides is 1. The monoisotopic (exact) mass is 158 g/mol. The average Bonchev–Trinajstić information content (AvgIpc) is 1.87. The van der Waals surface area contributed by atoms with Crippen LogP contribution in [0.1, 0.15) is 27.2 Å². The summed E-state index contributed by atoms with van der Waals surface area (Å²) in [5.41, 5.74) is 5.13. The van der Waals surface area contributed by atoms with Gasteiger partial charge in [0.25, 0.3) is 0 Å². The zero-order valence-corrected chi connectivity index (χ0v) is 7.55. The number of hydrogen-bond donors (Lipinski definition) is 2. The van der Waals surface area contributed by atoms with Gasteiger partial charge in [-0.1, -0.05) is 20.8 Å². The maximum absolute atomic E-state index is 10.7. The van der Waals surface area contributed by atoms with E-state index in [0.717, 1.165) is 13.0 Å². The lowest BCUT2D eigenvalue weighted by Crippen LogP contribution is -2.42. The van der Waals surface area contributed by atoms with Crippen molar-refractivity contribution in [2.24, 2.45) is 11.7 Å². The molecular weight excluding hydrogens is 140 g/mol. The van der Waals surface area contributed by atoms with E-state index < -0.39 is 0 Å². The largest absolute Gasteiger partial charge is 0.368 e. The van der Waals surface area contributed by atoms with Gasteiger partial charge in [0.2, 0.25) is 5.91 Å². The van der Waals surface area contributed by atoms with Crippen molar-refractivity contribution in [2.75, 3.05) is 6.54 Å². The molecule has 66 valence electrons. The van der Waals surface area contributed by atoms with Crippen molar-refractivity contribution in [2.45, 2.75) is 33.2 Å². The van der Waals surface area contributed by atoms with Crippen LogP contribution in [0.5, 0.6) is 0 Å². The van der Waals surface area contributed by atoms with Crippen molar-refractivity contribution in [1.29, 1.82) is 0 Å². The van der Waals surface area contributed by atoms with Gasteiger partial charge in [-0.3, -0.25) is 4.79 Å². The molecule has 0 unspecified atom stereocenters. The third-order valence-corrected chi connectivity index (χ3v) is 1.52. The number of nitrogens with two attached hydrogens (primary N) is 1. The summed E-state index contributed by atoms with van der Waals surface area (Å²) < 4.78 is 0. The first kappa shape index (κ1) is 10.4. The van der Waals surface area contributed by atoms with Crippen LogP contribution in [0.4, 0.5) is 0 Å². The van der Waals surface area contributed by atoms with Gasteiger partial charge >= 0.3 is 0 Å². The van der Waals surface area contributed by atoms with Crippen LogP contribution >= 0.6 is 0 Å². The van der Waals surface area contributed by atoms with Gasteiger partial charge in [0.05, 0.1) is 6.04 Å². The highest BCUT2D eigenvalue weighted by Crippen LogP contribution is 1.93. The van der Waals surface area contributed by atoms with Crippen LogP contribution in [0, 0.1) is 5.92 Å². The van der Waals surface area contributed by atoms with Crippen molar-refractivity contribution in [1.82, 2.24) is 5.32 Å². The molecule has 0 heterocycles. The Morgan fingerprint density at radius 2 is 2.09 bits per heavy atom. The smallest absolute Gasteiger partial charge is 0.234 e. The zero-order valence-electron chi connectivity index (χ0n) is 7.55. The van der Waals surface area contributed by atoms with E-state index in [1.807, 2.05) is 6.92 Å². The topological polar surface area (TPSA) is 55.1 Å². The van der Waals surface area contributed by atoms with Crippen molar-refractivity contribution in [3.05, 3.63) is 0 Å². The number of rotatable bonds is 5. The molecule has 0 fully saturated rings. The van der Waals surface area contributed by atoms with Crippen molar-refractivity contribution in [3.63, 3.8) is 0 Å². The normalized spacial score (nSPS) is 13.5. The van der Waals surface area contributed by atoms with Crippen LogP contribution in [-0.4, -0.2) is 18.5 Å². The lowest BCUT2D eigenvalue weighted by Gasteiger charge is -2.14. The molecule has 11 heavy (non-hydrogen) atoms. The zero-order chi connectivity index (χ0) is 8.85. The van der Waals surface area contributed by atoms with E-state index >= 15 is 0 Å². The van der Waals surface area contributed by atoms with Gasteiger partial charge in [-0.05, 0) is 18.9 Å². The quantitative estimate of drug-likeness (QED) is 0.612. The molecule has 0 saturated carbocycles. The van der Waals surface area contributed by atoms with Gasteiger partial charge in [-0.25, -0.2) is 0 Å². The molecular formula is C8H18N2O. The van der Waals surface area contributed by atoms with E-state index in [0.29, 0.717) is 5.92 Å². The Kier molecular flexibility index (Phi) is 4.86. The summed E-state index contributed by atoms with van der Waals surface area (Å²) in [6.07, 6.45) is 0.766. The van der Waals surface area contributed by atoms with Gasteiger partial charge in [-0.2, -0.15) is 0 Å². The fourth-order valence-electron chi connectivity index (χ4n) is 0.824. The van der Waals surface area contributed by atoms with Gasteiger partial charge in [0.1, 0.15) is 0 Å². The second-order valence-electron chi connectivity index (χ2n) is 3.17. The highest BCUT2D eigenvalue weighted by atomic mass is 16.1. The SMILES string of the molecule is CC[C@H](NCC(C)C)C(N)=O. The summed E-state index contributed by atoms with van der Waals surface area (Å²) in [6.45, 7) is 6.99. The summed E-state index contributed by atoms with van der Waals surface area (Å²) in [5, 5.41) is 3.09. The number of hydrogen-bond acceptors (Lipinski definition) is 2. The number of nitrogens with one attached hydrogen (secondary N) is 1. The first-order valence-corrected chi connectivity index (χ1v) is 4.10. The molecule has 0 saturated heterocycles. The molecule has 0 aromatic rings. The molecule has 0 radical (unpaired) electrons. The molecule has 1 amide bonds. The molecule has 3 N–H and O–H groups in total. The Hall–Kier alpha value is -0.570. The van der Waals surface area contributed by atoms with Gasteiger partial charge in [0.15, 0.2) is 0 Å². The predicted molar refractivity (Wildman–Crippen MR) is 46.1 cm³/mol. The van der Waals surface area contributed by atoms with E-state index in [2.05, 4.69) is 19.2 Å². The number of carbonyl (C=O) groups is 1. The summed E-state index contributed by atoms with van der Waals surface area (Å²) in [5.74, 6) is 0.302. The third kappa shape index (κ3) is 4.79. The molecule has 0 aliphatic heterocycles. The molecule has 1 atom stereocenters. The first-order chi connectivity index (χ1) is 5.07. The Morgan fingerprint density at radius 3 is 2.36 bits per heavy atom. The maximum Gasteiger partial charge on any atom is 0.234 e. The van der Waals surface area contributed by atoms with Crippen LogP contribution in [-0.2, 0) is 4.79 Å². The fraction of sp³-hybridized carbons (Fsp3) is 0.875. The van der Waals surface area contributed by atoms with Crippen LogP contribution in [0.15, 0.2) is 0 Å². The predicted octanol–water partition coefficient (Wildman–Crippen LogP) is 0.496. The van der Waals surface area contributed by atoms with Gasteiger partial charge in [-0.15, -0.1) is 0 Å². The lowest BCUT2D eigenvalue weighted by molar-refractivity contribution is -0.120. The summed E-state index contributed by atoms with van der Waals surface area (Å²) in [6, 6.07) is -0.155. The molecule has 0 aromatic heterocycles. The number of carbonyl (C=O) groups excluding carboxylic acids is 1. The Balaban J connectivity index is 3.61. The Bertz CT molecular complexity index is 123. The average molecular weight is 158 g/mol. The standard InChI is InChI=1S/C8H18N2O/c1-4-7(8(9)11)10-5-6(2)3/h6-7,10H,4-5H2,1-3H3,(H2,9,11)/t7-/m0/s1. The van der Waals surface area contributed by atoms with E-state index in [1.165, 1.54) is 0 Å². The summed E-state index contributed by atoms with van der Waals surface area (Å²) in [7, 11) is 0. The van der Waals surface area contributed by atoms with Crippen LogP contribution < -0.4 is 11.1 Å². The molecule has 0 aromatic carbocycles. The number of primary amides is 1. The molecule has 0 rings (SSSR count). The van der Waals surface area contributed by atoms with Gasteiger partial charge < -0.3 is 11.1 Å². The van der Waals surface area contributed by atoms with Crippen molar-refractivity contribution < 1.29 is 4.79 Å². The minimum atomic E-state index is -0.256. The molecule has 3 heteroatoms. The second-order valence-corrected chi connectivity index (χ2v) is 3.17. The minimum absolute atomic E-state index is 0.155. The maximum atomic E-state index is 10.7. The van der Waals surface area contributed by atoms with Gasteiger partial charge in [0, 0.05) is 0 Å². The Labute approximate surface area is 68.3 Å². The lowest BCUT2D eigenvalue weighted by atomic mass is 10.1. The highest BCUT2D eigenvalue weighted by molar-refractivity contribution is 5.79. The molecule has 0 aliphatic rings. The van der Waals surface area contributed by atoms with Crippen LogP contribution in [0.3, 0.4) is 0 Å². The van der Waals surface area contributed by atoms with Crippen LogP contribution in [0.25, 0.3) is 0 Å². The highest BCUT2D eigenvalue weighted by Gasteiger charge is 2.11. The fourth-order valence-corrected chi connectivity index (χ4v) is 0.824. The summed E-state index contributed by atoms with van der Waals surface area (Å²) >= 11 is 0. The second kappa shape index (κ2) is 5.13. The van der Waals surface area contributed by atoms with E-state index in [1.54, 1.807) is 0 Å². The first-order valence-electron chi connectivity index (χ1n) is 4.10.